The number of rotatable bonds is 6. The Labute approximate surface area is 140 Å². The third-order valence-corrected chi connectivity index (χ3v) is 4.06. The smallest absolute Gasteiger partial charge is 0.306 e. The third kappa shape index (κ3) is 4.58. The van der Waals surface area contributed by atoms with Crippen LogP contribution in [0.4, 0.5) is 18.9 Å². The molecule has 0 bridgehead atoms. The molecule has 0 aliphatic carbocycles. The van der Waals surface area contributed by atoms with Gasteiger partial charge in [0, 0.05) is 4.88 Å². The summed E-state index contributed by atoms with van der Waals surface area (Å²) in [6, 6.07) is 5.31. The molecule has 1 aromatic heterocycles. The van der Waals surface area contributed by atoms with Gasteiger partial charge in [0.25, 0.3) is 5.91 Å². The topological polar surface area (TPSA) is 55.4 Å². The standard InChI is InChI=1S/C16H14F3NO3S/c1-9(23-13(21)7-4-10-3-2-8-24-10)16(22)20-12-6-5-11(17)14(18)15(12)19/h2-3,5-6,8-9H,4,7H2,1H3,(H,20,22)/t9-/m1/s1. The van der Waals surface area contributed by atoms with Gasteiger partial charge in [-0.3, -0.25) is 9.59 Å². The molecule has 0 radical (unpaired) electrons. The maximum atomic E-state index is 13.5. The Kier molecular flexibility index (Phi) is 5.97. The Balaban J connectivity index is 1.88. The van der Waals surface area contributed by atoms with Crippen molar-refractivity contribution in [3.05, 3.63) is 52.0 Å². The van der Waals surface area contributed by atoms with Crippen LogP contribution in [0.15, 0.2) is 29.6 Å². The van der Waals surface area contributed by atoms with Crippen molar-refractivity contribution in [2.45, 2.75) is 25.9 Å². The van der Waals surface area contributed by atoms with E-state index in [4.69, 9.17) is 4.74 Å². The lowest BCUT2D eigenvalue weighted by atomic mass is 10.2. The van der Waals surface area contributed by atoms with E-state index >= 15 is 0 Å². The molecule has 0 spiro atoms. The Morgan fingerprint density at radius 1 is 1.21 bits per heavy atom. The highest BCUT2D eigenvalue weighted by Crippen LogP contribution is 2.20. The van der Waals surface area contributed by atoms with Crippen LogP contribution in [0, 0.1) is 17.5 Å². The van der Waals surface area contributed by atoms with Gasteiger partial charge in [0.2, 0.25) is 0 Å². The summed E-state index contributed by atoms with van der Waals surface area (Å²) in [5.74, 6) is -5.99. The molecule has 0 saturated carbocycles. The van der Waals surface area contributed by atoms with Crippen LogP contribution in [0.3, 0.4) is 0 Å². The molecule has 0 aliphatic heterocycles. The summed E-state index contributed by atoms with van der Waals surface area (Å²) in [5, 5.41) is 3.94. The first-order valence-electron chi connectivity index (χ1n) is 7.04. The number of aryl methyl sites for hydroxylation is 1. The fourth-order valence-corrected chi connectivity index (χ4v) is 2.56. The lowest BCUT2D eigenvalue weighted by molar-refractivity contribution is -0.153. The van der Waals surface area contributed by atoms with E-state index in [1.54, 1.807) is 0 Å². The van der Waals surface area contributed by atoms with Crippen LogP contribution in [0.5, 0.6) is 0 Å². The summed E-state index contributed by atoms with van der Waals surface area (Å²) >= 11 is 1.50. The molecule has 0 unspecified atom stereocenters. The van der Waals surface area contributed by atoms with E-state index in [1.807, 2.05) is 17.5 Å². The molecule has 1 amide bonds. The monoisotopic (exact) mass is 357 g/mol. The molecule has 0 aliphatic rings. The maximum absolute atomic E-state index is 13.5. The van der Waals surface area contributed by atoms with E-state index in [-0.39, 0.29) is 6.42 Å². The number of halogens is 3. The number of hydrogen-bond acceptors (Lipinski definition) is 4. The largest absolute Gasteiger partial charge is 0.453 e. The van der Waals surface area contributed by atoms with Crippen molar-refractivity contribution in [3.8, 4) is 0 Å². The molecule has 24 heavy (non-hydrogen) atoms. The summed E-state index contributed by atoms with van der Waals surface area (Å²) in [6.07, 6.45) is -0.617. The first kappa shape index (κ1) is 18.0. The minimum atomic E-state index is -1.69. The fraction of sp³-hybridized carbons (Fsp3) is 0.250. The minimum absolute atomic E-state index is 0.0949. The number of benzene rings is 1. The normalized spacial score (nSPS) is 11.8. The van der Waals surface area contributed by atoms with Gasteiger partial charge in [-0.25, -0.2) is 13.2 Å². The van der Waals surface area contributed by atoms with Crippen molar-refractivity contribution >= 4 is 28.9 Å². The number of anilines is 1. The number of carbonyl (C=O) groups excluding carboxylic acids is 2. The fourth-order valence-electron chi connectivity index (χ4n) is 1.85. The zero-order valence-corrected chi connectivity index (χ0v) is 13.5. The van der Waals surface area contributed by atoms with Crippen molar-refractivity contribution < 1.29 is 27.5 Å². The number of hydrogen-bond donors (Lipinski definition) is 1. The van der Waals surface area contributed by atoms with Crippen LogP contribution in [0.1, 0.15) is 18.2 Å². The second-order valence-corrected chi connectivity index (χ2v) is 5.96. The molecule has 8 heteroatoms. The van der Waals surface area contributed by atoms with Crippen LogP contribution in [-0.4, -0.2) is 18.0 Å². The van der Waals surface area contributed by atoms with Crippen LogP contribution < -0.4 is 5.32 Å². The van der Waals surface area contributed by atoms with E-state index < -0.39 is 41.1 Å². The highest BCUT2D eigenvalue weighted by molar-refractivity contribution is 7.09. The van der Waals surface area contributed by atoms with Gasteiger partial charge in [-0.05, 0) is 36.9 Å². The number of carbonyl (C=O) groups is 2. The van der Waals surface area contributed by atoms with Gasteiger partial charge in [-0.15, -0.1) is 11.3 Å². The summed E-state index contributed by atoms with van der Waals surface area (Å²) in [7, 11) is 0. The molecule has 2 rings (SSSR count). The summed E-state index contributed by atoms with van der Waals surface area (Å²) in [5.41, 5.74) is -0.527. The minimum Gasteiger partial charge on any atom is -0.453 e. The van der Waals surface area contributed by atoms with E-state index in [0.717, 1.165) is 10.9 Å². The van der Waals surface area contributed by atoms with Crippen molar-refractivity contribution in [1.82, 2.24) is 0 Å². The maximum Gasteiger partial charge on any atom is 0.306 e. The summed E-state index contributed by atoms with van der Waals surface area (Å²) in [6.45, 7) is 1.30. The van der Waals surface area contributed by atoms with E-state index in [0.29, 0.717) is 12.5 Å². The van der Waals surface area contributed by atoms with Crippen LogP contribution >= 0.6 is 11.3 Å². The second kappa shape index (κ2) is 7.96. The SMILES string of the molecule is C[C@@H](OC(=O)CCc1cccs1)C(=O)Nc1ccc(F)c(F)c1F. The lowest BCUT2D eigenvalue weighted by Gasteiger charge is -2.14. The van der Waals surface area contributed by atoms with Crippen molar-refractivity contribution in [2.24, 2.45) is 0 Å². The molecule has 4 nitrogen and oxygen atoms in total. The Morgan fingerprint density at radius 3 is 2.62 bits per heavy atom. The molecule has 1 heterocycles. The van der Waals surface area contributed by atoms with E-state index in [2.05, 4.69) is 5.32 Å². The Morgan fingerprint density at radius 2 is 1.96 bits per heavy atom. The number of nitrogens with one attached hydrogen (secondary N) is 1. The molecule has 1 atom stereocenters. The molecule has 2 aromatic rings. The van der Waals surface area contributed by atoms with E-state index in [9.17, 15) is 22.8 Å². The van der Waals surface area contributed by atoms with Gasteiger partial charge < -0.3 is 10.1 Å². The van der Waals surface area contributed by atoms with Crippen LogP contribution in [0.25, 0.3) is 0 Å². The first-order chi connectivity index (χ1) is 11.4. The highest BCUT2D eigenvalue weighted by atomic mass is 32.1. The zero-order chi connectivity index (χ0) is 17.7. The van der Waals surface area contributed by atoms with Gasteiger partial charge in [0.1, 0.15) is 0 Å². The Hall–Kier alpha value is -2.35. The summed E-state index contributed by atoms with van der Waals surface area (Å²) in [4.78, 5) is 24.6. The molecule has 0 saturated heterocycles. The van der Waals surface area contributed by atoms with Gasteiger partial charge in [-0.1, -0.05) is 6.07 Å². The van der Waals surface area contributed by atoms with Crippen molar-refractivity contribution in [3.63, 3.8) is 0 Å². The van der Waals surface area contributed by atoms with Gasteiger partial charge in [-0.2, -0.15) is 0 Å². The molecular formula is C16H14F3NO3S. The molecule has 0 fully saturated rings. The second-order valence-electron chi connectivity index (χ2n) is 4.92. The highest BCUT2D eigenvalue weighted by Gasteiger charge is 2.21. The third-order valence-electron chi connectivity index (χ3n) is 3.13. The predicted octanol–water partition coefficient (Wildman–Crippen LogP) is 3.67. The average molecular weight is 357 g/mol. The Bertz CT molecular complexity index is 734. The van der Waals surface area contributed by atoms with Crippen molar-refractivity contribution in [2.75, 3.05) is 5.32 Å². The van der Waals surface area contributed by atoms with Crippen LogP contribution in [-0.2, 0) is 20.7 Å². The number of amides is 1. The number of ether oxygens (including phenoxy) is 1. The summed E-state index contributed by atoms with van der Waals surface area (Å²) < 4.78 is 44.4. The first-order valence-corrected chi connectivity index (χ1v) is 7.92. The quantitative estimate of drug-likeness (QED) is 0.634. The lowest BCUT2D eigenvalue weighted by Crippen LogP contribution is -2.30. The zero-order valence-electron chi connectivity index (χ0n) is 12.6. The van der Waals surface area contributed by atoms with E-state index in [1.165, 1.54) is 18.3 Å². The van der Waals surface area contributed by atoms with Gasteiger partial charge >= 0.3 is 5.97 Å². The average Bonchev–Trinajstić information content (AvgIpc) is 3.07. The van der Waals surface area contributed by atoms with Gasteiger partial charge in [0.05, 0.1) is 12.1 Å². The number of esters is 1. The van der Waals surface area contributed by atoms with Crippen LogP contribution in [0.2, 0.25) is 0 Å². The van der Waals surface area contributed by atoms with Gasteiger partial charge in [0.15, 0.2) is 23.6 Å². The number of thiophene rings is 1. The molecule has 1 aromatic carbocycles. The predicted molar refractivity (Wildman–Crippen MR) is 83.1 cm³/mol. The molecule has 1 N–H and O–H groups in total. The molecular weight excluding hydrogens is 343 g/mol. The van der Waals surface area contributed by atoms with Crippen molar-refractivity contribution in [1.29, 1.82) is 0 Å². The molecule has 128 valence electrons.